The van der Waals surface area contributed by atoms with Crippen LogP contribution in [-0.2, 0) is 17.7 Å². The van der Waals surface area contributed by atoms with Crippen molar-refractivity contribution in [3.63, 3.8) is 0 Å². The first-order chi connectivity index (χ1) is 17.2. The van der Waals surface area contributed by atoms with Crippen LogP contribution >= 0.6 is 15.9 Å². The van der Waals surface area contributed by atoms with E-state index < -0.39 is 28.9 Å². The number of aromatic nitrogens is 2. The van der Waals surface area contributed by atoms with Gasteiger partial charge in [-0.1, -0.05) is 6.07 Å². The number of hydrogen-bond acceptors (Lipinski definition) is 4. The van der Waals surface area contributed by atoms with E-state index in [9.17, 15) is 27.4 Å². The largest absolute Gasteiger partial charge is 0.755 e. The minimum absolute atomic E-state index is 0.0461. The zero-order valence-electron chi connectivity index (χ0n) is 18.7. The maximum atomic E-state index is 13.9. The summed E-state index contributed by atoms with van der Waals surface area (Å²) in [5.41, 5.74) is 2.58. The molecule has 1 atom stereocenters. The number of hydrogen-bond donors (Lipinski definition) is 1. The van der Waals surface area contributed by atoms with Gasteiger partial charge < -0.3 is 14.0 Å². The van der Waals surface area contributed by atoms with Crippen molar-refractivity contribution >= 4 is 44.4 Å². The first kappa shape index (κ1) is 24.5. The van der Waals surface area contributed by atoms with Crippen LogP contribution in [0.2, 0.25) is 0 Å². The molecular formula is C25H19BrF2N3O4S-. The molecule has 2 aromatic heterocycles. The second-order valence-electron chi connectivity index (χ2n) is 8.57. The van der Waals surface area contributed by atoms with Gasteiger partial charge in [0.15, 0.2) is 0 Å². The molecule has 4 aromatic rings. The van der Waals surface area contributed by atoms with Crippen LogP contribution in [0.15, 0.2) is 59.2 Å². The fourth-order valence-corrected chi connectivity index (χ4v) is 5.05. The van der Waals surface area contributed by atoms with Crippen molar-refractivity contribution in [2.75, 3.05) is 10.8 Å². The van der Waals surface area contributed by atoms with Crippen LogP contribution in [-0.4, -0.2) is 36.0 Å². The Bertz CT molecular complexity index is 1510. The summed E-state index contributed by atoms with van der Waals surface area (Å²) >= 11 is 0.464. The Kier molecular flexibility index (Phi) is 6.62. The summed E-state index contributed by atoms with van der Waals surface area (Å²) < 4.78 is 54.8. The topological polar surface area (TPSA) is 98.0 Å². The highest BCUT2D eigenvalue weighted by atomic mass is 79.9. The van der Waals surface area contributed by atoms with Gasteiger partial charge in [-0.2, -0.15) is 5.10 Å². The van der Waals surface area contributed by atoms with E-state index in [0.29, 0.717) is 32.4 Å². The van der Waals surface area contributed by atoms with Gasteiger partial charge in [0.1, 0.15) is 22.9 Å². The summed E-state index contributed by atoms with van der Waals surface area (Å²) in [5.74, 6) is -2.00. The molecule has 5 rings (SSSR count). The molecule has 36 heavy (non-hydrogen) atoms. The molecule has 0 saturated heterocycles. The maximum Gasteiger partial charge on any atom is 0.340 e. The van der Waals surface area contributed by atoms with E-state index in [-0.39, 0.29) is 30.1 Å². The lowest BCUT2D eigenvalue weighted by molar-refractivity contribution is 0.0699. The van der Waals surface area contributed by atoms with Crippen LogP contribution in [0, 0.1) is 11.6 Å². The van der Waals surface area contributed by atoms with E-state index in [2.05, 4.69) is 21.0 Å². The molecule has 186 valence electrons. The average molecular weight is 575 g/mol. The third-order valence-electron chi connectivity index (χ3n) is 6.16. The number of pyridine rings is 1. The van der Waals surface area contributed by atoms with Crippen molar-refractivity contribution in [2.24, 2.45) is 0 Å². The first-order valence-corrected chi connectivity index (χ1v) is 12.9. The van der Waals surface area contributed by atoms with Gasteiger partial charge in [0.25, 0.3) is 0 Å². The molecule has 7 nitrogen and oxygen atoms in total. The second-order valence-corrected chi connectivity index (χ2v) is 10.3. The van der Waals surface area contributed by atoms with Crippen LogP contribution in [0.4, 0.5) is 14.5 Å². The molecule has 1 saturated carbocycles. The van der Waals surface area contributed by atoms with Crippen LogP contribution in [0.1, 0.15) is 40.2 Å². The highest BCUT2D eigenvalue weighted by Crippen LogP contribution is 2.46. The Labute approximate surface area is 215 Å². The van der Waals surface area contributed by atoms with Crippen molar-refractivity contribution in [2.45, 2.75) is 25.2 Å². The third-order valence-corrected chi connectivity index (χ3v) is 7.55. The van der Waals surface area contributed by atoms with E-state index in [0.717, 1.165) is 12.8 Å². The number of benzene rings is 2. The molecule has 1 aliphatic rings. The Balaban J connectivity index is 1.60. The van der Waals surface area contributed by atoms with Gasteiger partial charge in [-0.25, -0.2) is 18.1 Å². The molecule has 0 bridgehead atoms. The van der Waals surface area contributed by atoms with E-state index in [1.54, 1.807) is 18.2 Å². The fourth-order valence-electron chi connectivity index (χ4n) is 4.25. The van der Waals surface area contributed by atoms with Crippen molar-refractivity contribution in [3.8, 4) is 11.3 Å². The van der Waals surface area contributed by atoms with Gasteiger partial charge in [0.05, 0.1) is 21.9 Å². The van der Waals surface area contributed by atoms with Crippen molar-refractivity contribution in [1.29, 1.82) is 0 Å². The minimum Gasteiger partial charge on any atom is -0.755 e. The Hall–Kier alpha value is -3.15. The average Bonchev–Trinajstić information content (AvgIpc) is 3.61. The van der Waals surface area contributed by atoms with E-state index in [1.165, 1.54) is 45.3 Å². The number of carboxylic acids is 1. The van der Waals surface area contributed by atoms with E-state index >= 15 is 0 Å². The molecule has 0 aliphatic heterocycles. The quantitative estimate of drug-likeness (QED) is 0.282. The van der Waals surface area contributed by atoms with Gasteiger partial charge >= 0.3 is 5.97 Å². The Morgan fingerprint density at radius 2 is 1.92 bits per heavy atom. The summed E-state index contributed by atoms with van der Waals surface area (Å²) in [5, 5.41) is 14.4. The van der Waals surface area contributed by atoms with Crippen LogP contribution in [0.25, 0.3) is 16.8 Å². The minimum atomic E-state index is -2.64. The molecule has 0 radical (unpaired) electrons. The van der Waals surface area contributed by atoms with E-state index in [1.807, 2.05) is 0 Å². The predicted octanol–water partition coefficient (Wildman–Crippen LogP) is 5.46. The summed E-state index contributed by atoms with van der Waals surface area (Å²) in [6, 6.07) is 11.6. The van der Waals surface area contributed by atoms with Crippen LogP contribution in [0.5, 0.6) is 0 Å². The molecule has 2 aromatic carbocycles. The lowest BCUT2D eigenvalue weighted by atomic mass is 10.0. The molecule has 0 amide bonds. The zero-order valence-corrected chi connectivity index (χ0v) is 21.1. The lowest BCUT2D eigenvalue weighted by Crippen LogP contribution is -2.29. The van der Waals surface area contributed by atoms with Gasteiger partial charge in [-0.15, -0.1) is 0 Å². The Morgan fingerprint density at radius 3 is 2.53 bits per heavy atom. The van der Waals surface area contributed by atoms with Crippen molar-refractivity contribution in [1.82, 2.24) is 9.61 Å². The lowest BCUT2D eigenvalue weighted by Gasteiger charge is -2.28. The number of carbonyl (C=O) groups is 1. The van der Waals surface area contributed by atoms with Gasteiger partial charge in [-0.3, -0.25) is 4.21 Å². The highest BCUT2D eigenvalue weighted by molar-refractivity contribution is 9.10. The number of anilines is 1. The fraction of sp³-hybridized carbons (Fsp3) is 0.200. The molecule has 1 fully saturated rings. The number of fused-ring (bicyclic) bond motifs is 1. The molecule has 1 aliphatic carbocycles. The van der Waals surface area contributed by atoms with E-state index in [4.69, 9.17) is 0 Å². The smallest absolute Gasteiger partial charge is 0.340 e. The van der Waals surface area contributed by atoms with Crippen LogP contribution < -0.4 is 4.31 Å². The standard InChI is InChI=1S/C25H20BrF2N3O4S/c26-19-8-1-14(11-20(19)28)9-10-31(36(34)35)22-13-30-21(12-18(22)15-2-3-15)23(25(32)33)24(29-30)16-4-6-17(27)7-5-16/h1,4-8,11-13,15H,2-3,9-10H2,(H,32,33)(H,34,35)/p-1. The molecule has 1 N–H and O–H groups in total. The van der Waals surface area contributed by atoms with Gasteiger partial charge in [-0.05, 0) is 94.7 Å². The zero-order chi connectivity index (χ0) is 25.6. The molecule has 2 heterocycles. The number of halogens is 3. The number of aromatic carboxylic acids is 1. The number of carboxylic acid groups (broad SMARTS) is 1. The van der Waals surface area contributed by atoms with Crippen molar-refractivity contribution < 1.29 is 27.4 Å². The van der Waals surface area contributed by atoms with Gasteiger partial charge in [0.2, 0.25) is 0 Å². The van der Waals surface area contributed by atoms with Crippen LogP contribution in [0.3, 0.4) is 0 Å². The number of rotatable bonds is 8. The summed E-state index contributed by atoms with van der Waals surface area (Å²) in [6.45, 7) is 0.0558. The highest BCUT2D eigenvalue weighted by Gasteiger charge is 2.31. The molecule has 1 unspecified atom stereocenters. The third kappa shape index (κ3) is 4.78. The monoisotopic (exact) mass is 574 g/mol. The predicted molar refractivity (Wildman–Crippen MR) is 134 cm³/mol. The molecule has 11 heteroatoms. The normalized spacial score (nSPS) is 14.2. The summed E-state index contributed by atoms with van der Waals surface area (Å²) in [4.78, 5) is 12.2. The SMILES string of the molecule is O=C(O)c1c(-c2ccc(F)cc2)nn2cc(N(CCc3ccc(Br)c(F)c3)S(=O)[O-])c(C3CC3)cc12. The number of nitrogens with zero attached hydrogens (tertiary/aromatic N) is 3. The summed E-state index contributed by atoms with van der Waals surface area (Å²) in [6.07, 6.45) is 3.48. The van der Waals surface area contributed by atoms with Crippen molar-refractivity contribution in [3.05, 3.63) is 87.5 Å². The Morgan fingerprint density at radius 1 is 1.19 bits per heavy atom. The maximum absolute atomic E-state index is 13.9. The second kappa shape index (κ2) is 9.72. The first-order valence-electron chi connectivity index (χ1n) is 11.1. The molecular weight excluding hydrogens is 556 g/mol. The molecule has 0 spiro atoms. The summed E-state index contributed by atoms with van der Waals surface area (Å²) in [7, 11) is 0. The van der Waals surface area contributed by atoms with Gasteiger partial charge in [0, 0.05) is 23.4 Å².